The largest absolute Gasteiger partial charge is 0.331 e. The molecule has 9 nitrogen and oxygen atoms in total. The Bertz CT molecular complexity index is 768. The number of amides is 2. The smallest absolute Gasteiger partial charge is 0.319 e. The van der Waals surface area contributed by atoms with E-state index in [-0.39, 0.29) is 11.4 Å². The van der Waals surface area contributed by atoms with Crippen molar-refractivity contribution in [3.63, 3.8) is 0 Å². The number of nitrogens with one attached hydrogen (secondary N) is 1. The first kappa shape index (κ1) is 15.9. The van der Waals surface area contributed by atoms with E-state index in [0.717, 1.165) is 5.56 Å². The van der Waals surface area contributed by atoms with Crippen molar-refractivity contribution in [2.45, 2.75) is 18.4 Å². The summed E-state index contributed by atoms with van der Waals surface area (Å²) in [5.41, 5.74) is 0.928. The number of sulfonamides is 1. The Morgan fingerprint density at radius 2 is 1.95 bits per heavy atom. The maximum atomic E-state index is 12.1. The van der Waals surface area contributed by atoms with E-state index in [0.29, 0.717) is 5.82 Å². The Balaban J connectivity index is 2.07. The lowest BCUT2D eigenvalue weighted by Gasteiger charge is -2.17. The molecular formula is C12H16N6O3S. The summed E-state index contributed by atoms with van der Waals surface area (Å²) in [7, 11) is -0.828. The number of carbonyl (C=O) groups excluding carboxylic acids is 1. The minimum absolute atomic E-state index is 0.0279. The highest BCUT2D eigenvalue weighted by atomic mass is 32.2. The molecule has 1 N–H and O–H groups in total. The lowest BCUT2D eigenvalue weighted by molar-refractivity contribution is 0.211. The highest BCUT2D eigenvalue weighted by Crippen LogP contribution is 2.10. The minimum atomic E-state index is -3.91. The summed E-state index contributed by atoms with van der Waals surface area (Å²) in [5, 5.41) is 10.8. The van der Waals surface area contributed by atoms with E-state index >= 15 is 0 Å². The highest BCUT2D eigenvalue weighted by Gasteiger charge is 2.21. The van der Waals surface area contributed by atoms with Crippen molar-refractivity contribution < 1.29 is 13.2 Å². The molecule has 0 fully saturated rings. The molecule has 2 aromatic rings. The van der Waals surface area contributed by atoms with Gasteiger partial charge in [0.15, 0.2) is 5.82 Å². The molecule has 0 bridgehead atoms. The predicted molar refractivity (Wildman–Crippen MR) is 77.2 cm³/mol. The lowest BCUT2D eigenvalue weighted by Crippen LogP contribution is -2.40. The number of nitrogens with zero attached hydrogens (tertiary/aromatic N) is 5. The topological polar surface area (TPSA) is 110 Å². The standard InChI is InChI=1S/C12H16N6O3S/c1-9-4-6-10(7-5-9)22(20,21)14-12(19)17(2)8-11-13-15-16-18(11)3/h4-7H,8H2,1-3H3,(H,14,19). The van der Waals surface area contributed by atoms with Crippen LogP contribution >= 0.6 is 0 Å². The molecule has 118 valence electrons. The first-order valence-corrected chi connectivity index (χ1v) is 7.84. The molecule has 0 saturated heterocycles. The molecule has 0 aliphatic rings. The fraction of sp³-hybridized carbons (Fsp3) is 0.333. The second-order valence-corrected chi connectivity index (χ2v) is 6.48. The Labute approximate surface area is 128 Å². The molecule has 1 heterocycles. The van der Waals surface area contributed by atoms with E-state index in [2.05, 4.69) is 15.5 Å². The Hall–Kier alpha value is -2.49. The molecule has 10 heteroatoms. The summed E-state index contributed by atoms with van der Waals surface area (Å²) >= 11 is 0. The lowest BCUT2D eigenvalue weighted by atomic mass is 10.2. The molecule has 2 amide bonds. The number of urea groups is 1. The first-order valence-electron chi connectivity index (χ1n) is 6.35. The van der Waals surface area contributed by atoms with Gasteiger partial charge in [-0.25, -0.2) is 22.6 Å². The van der Waals surface area contributed by atoms with Crippen LogP contribution < -0.4 is 4.72 Å². The molecule has 2 rings (SSSR count). The van der Waals surface area contributed by atoms with Gasteiger partial charge in [0.2, 0.25) is 0 Å². The number of aromatic nitrogens is 4. The zero-order chi connectivity index (χ0) is 16.3. The molecule has 0 atom stereocenters. The van der Waals surface area contributed by atoms with Crippen molar-refractivity contribution in [2.75, 3.05) is 7.05 Å². The van der Waals surface area contributed by atoms with Crippen LogP contribution in [0.25, 0.3) is 0 Å². The van der Waals surface area contributed by atoms with Gasteiger partial charge in [0.05, 0.1) is 11.4 Å². The number of rotatable bonds is 4. The normalized spacial score (nSPS) is 11.2. The molecule has 0 spiro atoms. The van der Waals surface area contributed by atoms with Gasteiger partial charge in [-0.3, -0.25) is 0 Å². The van der Waals surface area contributed by atoms with E-state index in [1.54, 1.807) is 19.2 Å². The number of tetrazole rings is 1. The van der Waals surface area contributed by atoms with Crippen molar-refractivity contribution in [3.8, 4) is 0 Å². The predicted octanol–water partition coefficient (Wildman–Crippen LogP) is 0.0488. The van der Waals surface area contributed by atoms with Crippen molar-refractivity contribution >= 4 is 16.1 Å². The van der Waals surface area contributed by atoms with Crippen molar-refractivity contribution in [2.24, 2.45) is 7.05 Å². The average Bonchev–Trinajstić information content (AvgIpc) is 2.84. The summed E-state index contributed by atoms with van der Waals surface area (Å²) in [6.45, 7) is 1.93. The van der Waals surface area contributed by atoms with Crippen LogP contribution in [-0.4, -0.2) is 46.6 Å². The molecule has 0 unspecified atom stereocenters. The molecule has 0 radical (unpaired) electrons. The third-order valence-corrected chi connectivity index (χ3v) is 4.32. The fourth-order valence-corrected chi connectivity index (χ4v) is 2.63. The van der Waals surface area contributed by atoms with E-state index in [1.807, 2.05) is 11.6 Å². The van der Waals surface area contributed by atoms with Crippen molar-refractivity contribution in [3.05, 3.63) is 35.7 Å². The molecule has 22 heavy (non-hydrogen) atoms. The SMILES string of the molecule is Cc1ccc(S(=O)(=O)NC(=O)N(C)Cc2nnnn2C)cc1. The number of aryl methyl sites for hydroxylation is 2. The first-order chi connectivity index (χ1) is 10.3. The molecule has 0 saturated carbocycles. The van der Waals surface area contributed by atoms with Gasteiger partial charge in [-0.2, -0.15) is 0 Å². The molecule has 0 aliphatic carbocycles. The van der Waals surface area contributed by atoms with Crippen LogP contribution in [-0.2, 0) is 23.6 Å². The summed E-state index contributed by atoms with van der Waals surface area (Å²) < 4.78 is 27.7. The Morgan fingerprint density at radius 3 is 2.50 bits per heavy atom. The van der Waals surface area contributed by atoms with Crippen LogP contribution in [0.4, 0.5) is 4.79 Å². The zero-order valence-corrected chi connectivity index (χ0v) is 13.2. The van der Waals surface area contributed by atoms with Crippen molar-refractivity contribution in [1.29, 1.82) is 0 Å². The van der Waals surface area contributed by atoms with Crippen LogP contribution in [0.15, 0.2) is 29.2 Å². The van der Waals surface area contributed by atoms with Gasteiger partial charge in [0.25, 0.3) is 10.0 Å². The van der Waals surface area contributed by atoms with Gasteiger partial charge in [-0.05, 0) is 29.5 Å². The van der Waals surface area contributed by atoms with Crippen LogP contribution in [0.5, 0.6) is 0 Å². The number of hydrogen-bond acceptors (Lipinski definition) is 6. The molecule has 0 aliphatic heterocycles. The summed E-state index contributed by atoms with van der Waals surface area (Å²) in [4.78, 5) is 13.2. The van der Waals surface area contributed by atoms with Gasteiger partial charge in [0, 0.05) is 14.1 Å². The third-order valence-electron chi connectivity index (χ3n) is 2.99. The van der Waals surface area contributed by atoms with Gasteiger partial charge in [-0.1, -0.05) is 17.7 Å². The highest BCUT2D eigenvalue weighted by molar-refractivity contribution is 7.90. The van der Waals surface area contributed by atoms with Crippen LogP contribution in [0.1, 0.15) is 11.4 Å². The number of carbonyl (C=O) groups is 1. The van der Waals surface area contributed by atoms with E-state index in [1.165, 1.54) is 28.8 Å². The van der Waals surface area contributed by atoms with Gasteiger partial charge < -0.3 is 4.90 Å². The van der Waals surface area contributed by atoms with Gasteiger partial charge in [0.1, 0.15) is 0 Å². The zero-order valence-electron chi connectivity index (χ0n) is 12.4. The molecular weight excluding hydrogens is 308 g/mol. The van der Waals surface area contributed by atoms with Crippen LogP contribution in [0, 0.1) is 6.92 Å². The van der Waals surface area contributed by atoms with Gasteiger partial charge >= 0.3 is 6.03 Å². The summed E-state index contributed by atoms with van der Waals surface area (Å²) in [6, 6.07) is 5.44. The quantitative estimate of drug-likeness (QED) is 0.851. The van der Waals surface area contributed by atoms with E-state index in [9.17, 15) is 13.2 Å². The third kappa shape index (κ3) is 3.58. The maximum absolute atomic E-state index is 12.1. The Morgan fingerprint density at radius 1 is 1.32 bits per heavy atom. The van der Waals surface area contributed by atoms with Crippen molar-refractivity contribution in [1.82, 2.24) is 29.8 Å². The second-order valence-electron chi connectivity index (χ2n) is 4.80. The van der Waals surface area contributed by atoms with Crippen LogP contribution in [0.2, 0.25) is 0 Å². The minimum Gasteiger partial charge on any atom is -0.319 e. The number of benzene rings is 1. The second kappa shape index (κ2) is 6.10. The van der Waals surface area contributed by atoms with Crippen LogP contribution in [0.3, 0.4) is 0 Å². The summed E-state index contributed by atoms with van der Waals surface area (Å²) in [5.74, 6) is 0.436. The molecule has 1 aromatic heterocycles. The summed E-state index contributed by atoms with van der Waals surface area (Å²) in [6.07, 6.45) is 0. The average molecular weight is 324 g/mol. The monoisotopic (exact) mass is 324 g/mol. The number of hydrogen-bond donors (Lipinski definition) is 1. The molecule has 1 aromatic carbocycles. The van der Waals surface area contributed by atoms with Gasteiger partial charge in [-0.15, -0.1) is 5.10 Å². The maximum Gasteiger partial charge on any atom is 0.331 e. The van der Waals surface area contributed by atoms with E-state index < -0.39 is 16.1 Å². The Kier molecular flexibility index (Phi) is 4.40. The van der Waals surface area contributed by atoms with E-state index in [4.69, 9.17) is 0 Å². The fourth-order valence-electron chi connectivity index (χ4n) is 1.64.